The number of rotatable bonds is 6. The molecule has 0 saturated carbocycles. The van der Waals surface area contributed by atoms with Crippen LogP contribution in [0, 0.1) is 0 Å². The number of hydrogen-bond acceptors (Lipinski definition) is 5. The van der Waals surface area contributed by atoms with E-state index in [-0.39, 0.29) is 53.5 Å². The smallest absolute Gasteiger partial charge is 0.723 e. The number of hydrogen-bond donors (Lipinski definition) is 0. The molecule has 0 heterocycles. The summed E-state index contributed by atoms with van der Waals surface area (Å²) < 4.78 is 27.2. The largest absolute Gasteiger partial charge is 1.00 e. The molecule has 0 N–H and O–H groups in total. The number of halogens is 1. The summed E-state index contributed by atoms with van der Waals surface area (Å²) >= 11 is 5.31. The van der Waals surface area contributed by atoms with Crippen molar-refractivity contribution in [2.45, 2.75) is 6.61 Å². The van der Waals surface area contributed by atoms with Gasteiger partial charge in [0.1, 0.15) is 5.75 Å². The second-order valence-electron chi connectivity index (χ2n) is 2.94. The Labute approximate surface area is 127 Å². The predicted octanol–water partition coefficient (Wildman–Crippen LogP) is -2.57. The fraction of sp³-hybridized carbons (Fsp3) is 0.333. The maximum atomic E-state index is 11.2. The Balaban J connectivity index is 0.00000256. The van der Waals surface area contributed by atoms with Crippen LogP contribution in [0.1, 0.15) is 5.56 Å². The van der Waals surface area contributed by atoms with Crippen molar-refractivity contribution in [3.8, 4) is 5.75 Å². The monoisotopic (exact) mass is 288 g/mol. The van der Waals surface area contributed by atoms with Gasteiger partial charge in [-0.15, -0.1) is 11.6 Å². The third-order valence-electron chi connectivity index (χ3n) is 1.70. The second-order valence-corrected chi connectivity index (χ2v) is 5.01. The first-order valence-corrected chi connectivity index (χ1v) is 6.50. The van der Waals surface area contributed by atoms with Crippen molar-refractivity contribution in [2.24, 2.45) is 0 Å². The Hall–Kier alpha value is 0.180. The zero-order chi connectivity index (χ0) is 12.0. The molecule has 17 heavy (non-hydrogen) atoms. The first kappa shape index (κ1) is 17.2. The van der Waals surface area contributed by atoms with E-state index < -0.39 is 10.1 Å². The van der Waals surface area contributed by atoms with Crippen LogP contribution in [0.5, 0.6) is 5.75 Å². The normalized spacial score (nSPS) is 10.7. The van der Waals surface area contributed by atoms with Gasteiger partial charge in [-0.3, -0.25) is 0 Å². The van der Waals surface area contributed by atoms with Crippen molar-refractivity contribution in [1.82, 2.24) is 0 Å². The van der Waals surface area contributed by atoms with E-state index >= 15 is 0 Å². The average Bonchev–Trinajstić information content (AvgIpc) is 2.21. The third-order valence-corrected chi connectivity index (χ3v) is 3.26. The van der Waals surface area contributed by atoms with Crippen molar-refractivity contribution in [1.29, 1.82) is 0 Å². The van der Waals surface area contributed by atoms with E-state index in [9.17, 15) is 13.7 Å². The summed E-state index contributed by atoms with van der Waals surface area (Å²) in [5.41, 5.74) is 0.636. The Morgan fingerprint density at radius 2 is 1.82 bits per heavy atom. The Bertz CT molecular complexity index is 420. The fourth-order valence-corrected chi connectivity index (χ4v) is 2.24. The molecule has 0 fully saturated rings. The Morgan fingerprint density at radius 3 is 2.29 bits per heavy atom. The van der Waals surface area contributed by atoms with Crippen LogP contribution >= 0.6 is 11.6 Å². The molecule has 0 aromatic heterocycles. The van der Waals surface area contributed by atoms with Gasteiger partial charge in [0.25, 0.3) is 0 Å². The van der Waals surface area contributed by atoms with E-state index in [1.54, 1.807) is 12.1 Å². The third kappa shape index (κ3) is 6.61. The van der Waals surface area contributed by atoms with Gasteiger partial charge in [-0.05, 0) is 17.7 Å². The molecule has 1 rings (SSSR count). The minimum atomic E-state index is -3.63. The minimum Gasteiger partial charge on any atom is -0.723 e. The van der Waals surface area contributed by atoms with Gasteiger partial charge >= 0.3 is 39.7 Å². The van der Waals surface area contributed by atoms with Crippen LogP contribution in [0.3, 0.4) is 0 Å². The first-order chi connectivity index (χ1) is 7.57. The molecule has 1 aromatic carbocycles. The summed E-state index contributed by atoms with van der Waals surface area (Å²) in [6.07, 6.45) is 0. The molecule has 0 aliphatic rings. The molecule has 0 aliphatic carbocycles. The zero-order valence-electron chi connectivity index (χ0n) is 9.26. The van der Waals surface area contributed by atoms with Crippen LogP contribution < -0.4 is 39.0 Å². The molecule has 1 aromatic rings. The molecule has 0 unspecified atom stereocenters. The molecule has 0 radical (unpaired) electrons. The molecule has 0 bridgehead atoms. The quantitative estimate of drug-likeness (QED) is 0.189. The SMILES string of the molecule is O=S(=O)(CCCl)Oc1ccc(CO[O-])cc1.[Na+]. The van der Waals surface area contributed by atoms with Gasteiger partial charge in [0.05, 0.1) is 12.4 Å². The van der Waals surface area contributed by atoms with Crippen molar-refractivity contribution in [3.63, 3.8) is 0 Å². The van der Waals surface area contributed by atoms with E-state index in [0.29, 0.717) is 5.56 Å². The van der Waals surface area contributed by atoms with Crippen molar-refractivity contribution < 1.29 is 52.3 Å². The van der Waals surface area contributed by atoms with Gasteiger partial charge < -0.3 is 14.3 Å². The maximum Gasteiger partial charge on any atom is 1.00 e. The Morgan fingerprint density at radius 1 is 1.24 bits per heavy atom. The van der Waals surface area contributed by atoms with Crippen LogP contribution in [-0.2, 0) is 21.6 Å². The fourth-order valence-electron chi connectivity index (χ4n) is 0.992. The molecule has 0 saturated heterocycles. The summed E-state index contributed by atoms with van der Waals surface area (Å²) in [6, 6.07) is 5.98. The molecular weight excluding hydrogens is 279 g/mol. The topological polar surface area (TPSA) is 75.7 Å². The van der Waals surface area contributed by atoms with E-state index in [0.717, 1.165) is 0 Å². The summed E-state index contributed by atoms with van der Waals surface area (Å²) in [5.74, 6) is -0.0931. The standard InChI is InChI=1S/C9H11ClO5S.Na/c10-5-6-16(12,13)15-9-3-1-8(2-4-9)7-14-11;/h1-4,11H,5-7H2;/q;+1/p-1. The Kier molecular flexibility index (Phi) is 8.40. The van der Waals surface area contributed by atoms with Gasteiger partial charge in [-0.25, -0.2) is 0 Å². The van der Waals surface area contributed by atoms with Crippen molar-refractivity contribution in [2.75, 3.05) is 11.6 Å². The van der Waals surface area contributed by atoms with Crippen LogP contribution in [0.2, 0.25) is 0 Å². The van der Waals surface area contributed by atoms with Gasteiger partial charge in [-0.1, -0.05) is 12.1 Å². The second kappa shape index (κ2) is 8.31. The molecule has 8 heteroatoms. The van der Waals surface area contributed by atoms with Crippen LogP contribution in [0.4, 0.5) is 0 Å². The summed E-state index contributed by atoms with van der Waals surface area (Å²) in [7, 11) is -3.63. The molecule has 0 spiro atoms. The van der Waals surface area contributed by atoms with Gasteiger partial charge in [0.15, 0.2) is 0 Å². The average molecular weight is 289 g/mol. The summed E-state index contributed by atoms with van der Waals surface area (Å²) in [5, 5.41) is 9.86. The van der Waals surface area contributed by atoms with Gasteiger partial charge in [0.2, 0.25) is 0 Å². The van der Waals surface area contributed by atoms with Gasteiger partial charge in [-0.2, -0.15) is 8.42 Å². The summed E-state index contributed by atoms with van der Waals surface area (Å²) in [6.45, 7) is -0.0747. The molecular formula is C9H10ClNaO5S. The van der Waals surface area contributed by atoms with Crippen LogP contribution in [0.15, 0.2) is 24.3 Å². The van der Waals surface area contributed by atoms with E-state index in [1.165, 1.54) is 12.1 Å². The van der Waals surface area contributed by atoms with Crippen molar-refractivity contribution in [3.05, 3.63) is 29.8 Å². The van der Waals surface area contributed by atoms with Gasteiger partial charge in [0, 0.05) is 5.88 Å². The summed E-state index contributed by atoms with van der Waals surface area (Å²) in [4.78, 5) is 3.68. The van der Waals surface area contributed by atoms with E-state index in [4.69, 9.17) is 15.8 Å². The van der Waals surface area contributed by atoms with Crippen LogP contribution in [-0.4, -0.2) is 20.1 Å². The number of alkyl halides is 1. The molecule has 0 amide bonds. The minimum absolute atomic E-state index is 0. The molecule has 90 valence electrons. The maximum absolute atomic E-state index is 11.2. The van der Waals surface area contributed by atoms with Crippen LogP contribution in [0.25, 0.3) is 0 Å². The molecule has 5 nitrogen and oxygen atoms in total. The molecule has 0 atom stereocenters. The van der Waals surface area contributed by atoms with Crippen molar-refractivity contribution >= 4 is 21.7 Å². The first-order valence-electron chi connectivity index (χ1n) is 4.39. The van der Waals surface area contributed by atoms with E-state index in [2.05, 4.69) is 4.89 Å². The number of benzene rings is 1. The zero-order valence-corrected chi connectivity index (χ0v) is 12.8. The predicted molar refractivity (Wildman–Crippen MR) is 56.4 cm³/mol. The molecule has 0 aliphatic heterocycles. The van der Waals surface area contributed by atoms with E-state index in [1.807, 2.05) is 0 Å².